The molecule has 0 aliphatic heterocycles. The van der Waals surface area contributed by atoms with Crippen molar-refractivity contribution < 1.29 is 19.1 Å². The number of unbranched alkanes of at least 4 members (excludes halogenated alkanes) is 5. The van der Waals surface area contributed by atoms with Gasteiger partial charge in [0.2, 0.25) is 0 Å². The fourth-order valence-corrected chi connectivity index (χ4v) is 1.83. The topological polar surface area (TPSA) is 52.6 Å². The largest absolute Gasteiger partial charge is 0.466 e. The van der Waals surface area contributed by atoms with E-state index in [1.54, 1.807) is 0 Å². The van der Waals surface area contributed by atoms with E-state index in [4.69, 9.17) is 32.7 Å². The van der Waals surface area contributed by atoms with Crippen LogP contribution in [0.25, 0.3) is 0 Å². The Hall–Kier alpha value is -0.480. The molecular weight excluding hydrogens is 303 g/mol. The first kappa shape index (κ1) is 19.5. The summed E-state index contributed by atoms with van der Waals surface area (Å²) >= 11 is 10.9. The minimum atomic E-state index is -0.654. The van der Waals surface area contributed by atoms with Crippen molar-refractivity contribution in [2.45, 2.75) is 63.1 Å². The van der Waals surface area contributed by atoms with Gasteiger partial charge in [-0.15, -0.1) is 23.2 Å². The van der Waals surface area contributed by atoms with Gasteiger partial charge >= 0.3 is 11.9 Å². The Labute approximate surface area is 131 Å². The molecule has 0 spiro atoms. The maximum absolute atomic E-state index is 11.2. The summed E-state index contributed by atoms with van der Waals surface area (Å²) in [4.78, 5) is 21.6. The minimum absolute atomic E-state index is 0.0514. The molecule has 0 unspecified atom stereocenters. The second kappa shape index (κ2) is 13.5. The third kappa shape index (κ3) is 13.9. The van der Waals surface area contributed by atoms with Gasteiger partial charge in [-0.25, -0.2) is 0 Å². The van der Waals surface area contributed by atoms with Gasteiger partial charge in [-0.05, 0) is 19.8 Å². The summed E-state index contributed by atoms with van der Waals surface area (Å²) in [5.41, 5.74) is 0. The molecular formula is C14H24Cl2O4. The van der Waals surface area contributed by atoms with E-state index < -0.39 is 4.84 Å². The lowest BCUT2D eigenvalue weighted by Gasteiger charge is -2.05. The average Bonchev–Trinajstić information content (AvgIpc) is 2.39. The summed E-state index contributed by atoms with van der Waals surface area (Å²) in [5.74, 6) is -0.370. The van der Waals surface area contributed by atoms with Gasteiger partial charge in [0.1, 0.15) is 11.4 Å². The average molecular weight is 327 g/mol. The van der Waals surface area contributed by atoms with Crippen LogP contribution >= 0.6 is 23.2 Å². The lowest BCUT2D eigenvalue weighted by atomic mass is 10.1. The molecule has 0 atom stereocenters. The third-order valence-corrected chi connectivity index (χ3v) is 2.94. The summed E-state index contributed by atoms with van der Waals surface area (Å²) in [7, 11) is 0. The predicted octanol–water partition coefficient (Wildman–Crippen LogP) is 4.02. The van der Waals surface area contributed by atoms with Crippen LogP contribution in [0.5, 0.6) is 0 Å². The van der Waals surface area contributed by atoms with E-state index in [-0.39, 0.29) is 18.5 Å². The molecule has 0 bridgehead atoms. The van der Waals surface area contributed by atoms with Gasteiger partial charge in [0, 0.05) is 12.8 Å². The van der Waals surface area contributed by atoms with E-state index in [0.717, 1.165) is 38.5 Å². The molecule has 0 rings (SSSR count). The minimum Gasteiger partial charge on any atom is -0.466 e. The first-order chi connectivity index (χ1) is 9.56. The highest BCUT2D eigenvalue weighted by molar-refractivity contribution is 6.44. The Balaban J connectivity index is 3.24. The second-order valence-electron chi connectivity index (χ2n) is 4.50. The lowest BCUT2D eigenvalue weighted by molar-refractivity contribution is -0.144. The highest BCUT2D eigenvalue weighted by Crippen LogP contribution is 2.10. The predicted molar refractivity (Wildman–Crippen MR) is 80.0 cm³/mol. The highest BCUT2D eigenvalue weighted by atomic mass is 35.5. The SMILES string of the molecule is CCOC(=O)CCCCCCCCC(=O)OCC(Cl)Cl. The van der Waals surface area contributed by atoms with Crippen LogP contribution in [0.15, 0.2) is 0 Å². The maximum atomic E-state index is 11.2. The van der Waals surface area contributed by atoms with E-state index in [9.17, 15) is 9.59 Å². The number of carbonyl (C=O) groups is 2. The van der Waals surface area contributed by atoms with Crippen molar-refractivity contribution >= 4 is 35.1 Å². The van der Waals surface area contributed by atoms with Crippen molar-refractivity contribution in [1.29, 1.82) is 0 Å². The number of hydrogen-bond acceptors (Lipinski definition) is 4. The summed E-state index contributed by atoms with van der Waals surface area (Å²) in [6, 6.07) is 0. The van der Waals surface area contributed by atoms with Crippen LogP contribution in [-0.2, 0) is 19.1 Å². The zero-order valence-corrected chi connectivity index (χ0v) is 13.5. The van der Waals surface area contributed by atoms with Crippen molar-refractivity contribution in [3.05, 3.63) is 0 Å². The summed E-state index contributed by atoms with van der Waals surface area (Å²) in [6.45, 7) is 2.31. The molecule has 0 aromatic heterocycles. The number of carbonyl (C=O) groups excluding carboxylic acids is 2. The molecule has 0 saturated heterocycles. The van der Waals surface area contributed by atoms with Gasteiger partial charge in [-0.1, -0.05) is 25.7 Å². The van der Waals surface area contributed by atoms with E-state index in [1.165, 1.54) is 0 Å². The molecule has 0 saturated carbocycles. The number of esters is 2. The van der Waals surface area contributed by atoms with Gasteiger partial charge in [0.25, 0.3) is 0 Å². The zero-order chi connectivity index (χ0) is 15.2. The molecule has 0 N–H and O–H groups in total. The molecule has 0 radical (unpaired) electrons. The van der Waals surface area contributed by atoms with E-state index in [1.807, 2.05) is 6.92 Å². The number of halogens is 2. The van der Waals surface area contributed by atoms with Crippen molar-refractivity contribution in [2.75, 3.05) is 13.2 Å². The van der Waals surface area contributed by atoms with Crippen molar-refractivity contribution in [3.63, 3.8) is 0 Å². The summed E-state index contributed by atoms with van der Waals surface area (Å²) in [6.07, 6.45) is 6.72. The van der Waals surface area contributed by atoms with Crippen molar-refractivity contribution in [2.24, 2.45) is 0 Å². The van der Waals surface area contributed by atoms with Crippen molar-refractivity contribution in [1.82, 2.24) is 0 Å². The Bertz CT molecular complexity index is 270. The maximum Gasteiger partial charge on any atom is 0.305 e. The normalized spacial score (nSPS) is 10.6. The summed E-state index contributed by atoms with van der Waals surface area (Å²) < 4.78 is 9.69. The van der Waals surface area contributed by atoms with Crippen LogP contribution in [0.2, 0.25) is 0 Å². The van der Waals surface area contributed by atoms with Gasteiger partial charge in [0.15, 0.2) is 0 Å². The van der Waals surface area contributed by atoms with E-state index in [2.05, 4.69) is 0 Å². The highest BCUT2D eigenvalue weighted by Gasteiger charge is 2.06. The molecule has 0 aromatic rings. The fraction of sp³-hybridized carbons (Fsp3) is 0.857. The number of hydrogen-bond donors (Lipinski definition) is 0. The molecule has 0 heterocycles. The quantitative estimate of drug-likeness (QED) is 0.309. The van der Waals surface area contributed by atoms with Gasteiger partial charge in [0.05, 0.1) is 6.61 Å². The Morgan fingerprint density at radius 3 is 1.75 bits per heavy atom. The monoisotopic (exact) mass is 326 g/mol. The Morgan fingerprint density at radius 1 is 0.850 bits per heavy atom. The first-order valence-electron chi connectivity index (χ1n) is 7.15. The smallest absolute Gasteiger partial charge is 0.305 e. The van der Waals surface area contributed by atoms with Crippen LogP contribution in [0.1, 0.15) is 58.3 Å². The first-order valence-corrected chi connectivity index (χ1v) is 8.03. The second-order valence-corrected chi connectivity index (χ2v) is 5.78. The molecule has 4 nitrogen and oxygen atoms in total. The van der Waals surface area contributed by atoms with Crippen LogP contribution in [0, 0.1) is 0 Å². The van der Waals surface area contributed by atoms with Crippen LogP contribution in [0.4, 0.5) is 0 Å². The molecule has 0 amide bonds. The summed E-state index contributed by atoms with van der Waals surface area (Å²) in [5, 5.41) is 0. The number of alkyl halides is 2. The van der Waals surface area contributed by atoms with Crippen molar-refractivity contribution in [3.8, 4) is 0 Å². The van der Waals surface area contributed by atoms with Gasteiger partial charge in [-0.2, -0.15) is 0 Å². The molecule has 0 aliphatic carbocycles. The van der Waals surface area contributed by atoms with Gasteiger partial charge in [-0.3, -0.25) is 9.59 Å². The fourth-order valence-electron chi connectivity index (χ4n) is 1.71. The molecule has 20 heavy (non-hydrogen) atoms. The van der Waals surface area contributed by atoms with Crippen LogP contribution < -0.4 is 0 Å². The van der Waals surface area contributed by atoms with Crippen LogP contribution in [0.3, 0.4) is 0 Å². The molecule has 0 fully saturated rings. The Morgan fingerprint density at radius 2 is 1.30 bits per heavy atom. The number of ether oxygens (including phenoxy) is 2. The van der Waals surface area contributed by atoms with Crippen LogP contribution in [-0.4, -0.2) is 30.0 Å². The molecule has 0 aliphatic rings. The van der Waals surface area contributed by atoms with E-state index in [0.29, 0.717) is 19.4 Å². The molecule has 0 aromatic carbocycles. The molecule has 118 valence electrons. The van der Waals surface area contributed by atoms with E-state index >= 15 is 0 Å². The zero-order valence-electron chi connectivity index (χ0n) is 12.0. The standard InChI is InChI=1S/C14H24Cl2O4/c1-2-19-13(17)9-7-5-3-4-6-8-10-14(18)20-11-12(15)16/h12H,2-11H2,1H3. The Kier molecular flexibility index (Phi) is 13.2. The lowest BCUT2D eigenvalue weighted by Crippen LogP contribution is -2.09. The number of rotatable bonds is 12. The molecule has 6 heteroatoms. The third-order valence-electron chi connectivity index (χ3n) is 2.69. The van der Waals surface area contributed by atoms with Gasteiger partial charge < -0.3 is 9.47 Å².